The number of ether oxygens (including phenoxy) is 6. The molecule has 3 aliphatic heterocycles. The Labute approximate surface area is 799 Å². The molecule has 1 amide bonds. The predicted molar refractivity (Wildman–Crippen MR) is 529 cm³/mol. The van der Waals surface area contributed by atoms with E-state index < -0.39 is 6.10 Å². The minimum absolute atomic E-state index is 0.0971. The zero-order valence-corrected chi connectivity index (χ0v) is 76.9. The Kier molecular flexibility index (Phi) is 29.5. The lowest BCUT2D eigenvalue weighted by atomic mass is 10.1. The number of rotatable bonds is 27. The Morgan fingerprint density at radius 1 is 0.569 bits per heavy atom. The number of carbonyl (C=O) groups excluding carboxylic acids is 1. The first-order valence-electron chi connectivity index (χ1n) is 44.2. The summed E-state index contributed by atoms with van der Waals surface area (Å²) in [7, 11) is 4.06. The number of aromatic nitrogens is 18. The van der Waals surface area contributed by atoms with Gasteiger partial charge in [-0.3, -0.25) is 29.5 Å². The quantitative estimate of drug-likeness (QED) is 0.0222. The summed E-state index contributed by atoms with van der Waals surface area (Å²) < 4.78 is 38.6. The lowest BCUT2D eigenvalue weighted by Crippen LogP contribution is -2.41. The molecule has 13 heterocycles. The highest BCUT2D eigenvalue weighted by Crippen LogP contribution is 2.40. The highest BCUT2D eigenvalue weighted by atomic mass is 79.9. The number of piperidine rings is 1. The van der Waals surface area contributed by atoms with Crippen molar-refractivity contribution >= 4 is 123 Å². The van der Waals surface area contributed by atoms with Gasteiger partial charge in [0.15, 0.2) is 0 Å². The number of aryl methyl sites for hydroxylation is 1. The molecule has 3 aliphatic rings. The summed E-state index contributed by atoms with van der Waals surface area (Å²) in [6.07, 6.45) is 36.6. The third kappa shape index (κ3) is 24.5. The van der Waals surface area contributed by atoms with Crippen molar-refractivity contribution in [1.29, 1.82) is 0 Å². The second-order valence-electron chi connectivity index (χ2n) is 32.2. The number of pyridine rings is 1. The maximum atomic E-state index is 12.7. The number of halogens is 1. The Morgan fingerprint density at radius 3 is 1.92 bits per heavy atom. The van der Waals surface area contributed by atoms with Crippen LogP contribution >= 0.6 is 27.3 Å². The largest absolute Gasteiger partial charge is 0.490 e. The van der Waals surface area contributed by atoms with E-state index >= 15 is 0 Å². The molecule has 3 saturated heterocycles. The van der Waals surface area contributed by atoms with Crippen LogP contribution in [0.2, 0.25) is 0 Å². The van der Waals surface area contributed by atoms with Crippen molar-refractivity contribution in [2.24, 2.45) is 12.8 Å². The van der Waals surface area contributed by atoms with Gasteiger partial charge in [-0.15, -0.1) is 17.8 Å². The number of nitrogens with two attached hydrogens (primary N) is 1. The van der Waals surface area contributed by atoms with Crippen LogP contribution in [-0.2, 0) is 36.2 Å². The number of H-pyrrole nitrogens is 1. The predicted octanol–water partition coefficient (Wildman–Crippen LogP) is 16.7. The summed E-state index contributed by atoms with van der Waals surface area (Å²) in [5, 5.41) is 44.0. The number of anilines is 8. The number of thiazole rings is 1. The highest BCUT2D eigenvalue weighted by Gasteiger charge is 2.25. The number of terminal acetylenes is 1. The van der Waals surface area contributed by atoms with Gasteiger partial charge >= 0.3 is 6.01 Å². The molecule has 2 atom stereocenters. The number of aliphatic hydroxyl groups is 1. The first-order chi connectivity index (χ1) is 67.2. The van der Waals surface area contributed by atoms with Gasteiger partial charge in [0.1, 0.15) is 59.2 Å². The second-order valence-corrected chi connectivity index (χ2v) is 34.0. The van der Waals surface area contributed by atoms with Crippen LogP contribution in [0.4, 0.5) is 46.5 Å². The maximum Gasteiger partial charge on any atom is 0.321 e. The van der Waals surface area contributed by atoms with Gasteiger partial charge in [-0.25, -0.2) is 54.8 Å². The Bertz CT molecular complexity index is 7190. The van der Waals surface area contributed by atoms with E-state index in [2.05, 4.69) is 154 Å². The molecule has 10 aromatic heterocycles. The summed E-state index contributed by atoms with van der Waals surface area (Å²) in [6, 6.07) is 52.0. The van der Waals surface area contributed by atoms with Gasteiger partial charge in [0.05, 0.1) is 83.2 Å². The molecule has 0 spiro atoms. The number of nitrogens with zero attached hydrogens (tertiary/aromatic N) is 19. The van der Waals surface area contributed by atoms with E-state index in [9.17, 15) is 9.90 Å². The molecule has 21 rings (SSSR count). The minimum atomic E-state index is -0.721. The van der Waals surface area contributed by atoms with E-state index in [1.54, 1.807) is 84.1 Å². The molecule has 18 aromatic rings. The molecule has 36 heteroatoms. The molecule has 688 valence electrons. The average Bonchev–Trinajstić information content (AvgIpc) is 1.69. The second kappa shape index (κ2) is 44.2. The summed E-state index contributed by atoms with van der Waals surface area (Å²) in [5.74, 6) is 8.13. The van der Waals surface area contributed by atoms with Crippen molar-refractivity contribution in [2.75, 3.05) is 87.3 Å². The third-order valence-electron chi connectivity index (χ3n) is 22.3. The third-order valence-corrected chi connectivity index (χ3v) is 23.6. The Balaban J connectivity index is 0.000000122. The lowest BCUT2D eigenvalue weighted by Gasteiger charge is -2.29. The minimum Gasteiger partial charge on any atom is -0.490 e. The van der Waals surface area contributed by atoms with Crippen LogP contribution in [-0.4, -0.2) is 189 Å². The van der Waals surface area contributed by atoms with E-state index in [-0.39, 0.29) is 31.3 Å². The molecule has 9 N–H and O–H groups in total. The number of hydrogen-bond donors (Lipinski definition) is 8. The molecular formula is C101H93BrN26O8S. The summed E-state index contributed by atoms with van der Waals surface area (Å²) in [5.41, 5.74) is 20.6. The Morgan fingerprint density at radius 2 is 1.25 bits per heavy atom. The van der Waals surface area contributed by atoms with Crippen molar-refractivity contribution < 1.29 is 38.3 Å². The van der Waals surface area contributed by atoms with Crippen molar-refractivity contribution in [3.05, 3.63) is 301 Å². The molecule has 0 radical (unpaired) electrons. The van der Waals surface area contributed by atoms with Crippen LogP contribution < -0.4 is 56.0 Å². The summed E-state index contributed by atoms with van der Waals surface area (Å²) in [4.78, 5) is 78.6. The number of aliphatic hydroxyl groups excluding tert-OH is 1. The van der Waals surface area contributed by atoms with Crippen LogP contribution in [0.5, 0.6) is 34.8 Å². The fourth-order valence-electron chi connectivity index (χ4n) is 15.3. The molecular weight excluding hydrogens is 1820 g/mol. The molecule has 0 bridgehead atoms. The standard InChI is InChI=1S/C28H26N8O3.C27H25N7O2S.C24H21N5O2.C22H21BrN6O/c37-27(36-6-8-38-9-7-36)11-19-2-1-3-22(10-19)34-28-31-14-20-12-24(21-15-32-33-16-21)26(13-25(20)35-28)39-18-23-17-29-4-5-30-23;1-34-12-7-21(8-13-34)35-24-16-23-18(15-22(24)25-28-11-14-37-25)17-31-26(33-23)32-19-3-5-20(6-4-19)36-27-29-9-2-10-30-27;1-2-17-9-19-14-27-24(28-20-7-3-6-18(10-20)22(30)12-25)29-21(19)11-23(17)31-15-16-5-4-8-26-13-16;1-29-13-16(11-26-29)14-7-18(9-20(8-14)30-19-4-5-24-12-19)27-22-25-10-15-6-17(23)2-3-21(15)28-22/h1-5,10,12-17H,6-9,11,18H2,(H,32,33)(H,31,34,35);2-6,9-11,14-17,21H,7-8,12-13H2,1H3,(H,31,32,33);1,3-11,13-14,22,30H,12,15,25H2,(H,27,28,29);2-3,6-11,13,19,24H,4-5,12H2,1H3,(H,25,27,28)/t;;;19-/m...0/s1. The number of carbonyl (C=O) groups is 1. The smallest absolute Gasteiger partial charge is 0.321 e. The number of likely N-dealkylation sites (tertiary alicyclic amines) is 1. The van der Waals surface area contributed by atoms with Gasteiger partial charge < -0.3 is 75.6 Å². The molecule has 8 aromatic carbocycles. The SMILES string of the molecule is C#Cc1cc2cnc(Nc3cccc(C(O)CN)c3)nc2cc1OCc1cccnc1.CN1CCC(Oc2cc3nc(Nc4ccc(Oc5ncccn5)cc4)ncc3cc2-c2nccs2)CC1.Cn1cc(-c2cc(Nc3ncc4cc(Br)ccc4n3)cc(O[C@H]3CCNC3)c2)cn1.O=C(Cc1cccc(Nc2ncc3cc(-c4cn[nH]c4)c(OCc4cnccn4)cc3n2)c1)N1CCOCC1. The fraction of sp³-hybridized carbons (Fsp3) is 0.198. The monoisotopic (exact) mass is 1910 g/mol. The zero-order valence-electron chi connectivity index (χ0n) is 74.5. The molecule has 34 nitrogen and oxygen atoms in total. The van der Waals surface area contributed by atoms with Gasteiger partial charge in [0.2, 0.25) is 29.7 Å². The number of aromatic amines is 1. The van der Waals surface area contributed by atoms with Gasteiger partial charge in [-0.2, -0.15) is 10.2 Å². The number of benzene rings is 8. The van der Waals surface area contributed by atoms with Crippen molar-refractivity contribution in [2.45, 2.75) is 57.2 Å². The molecule has 3 fully saturated rings. The van der Waals surface area contributed by atoms with Crippen LogP contribution in [0, 0.1) is 12.3 Å². The van der Waals surface area contributed by atoms with E-state index in [1.165, 1.54) is 0 Å². The summed E-state index contributed by atoms with van der Waals surface area (Å²) >= 11 is 5.08. The molecule has 0 aliphatic carbocycles. The van der Waals surface area contributed by atoms with Crippen LogP contribution in [0.25, 0.3) is 76.4 Å². The van der Waals surface area contributed by atoms with Crippen molar-refractivity contribution in [3.8, 4) is 79.9 Å². The van der Waals surface area contributed by atoms with Crippen LogP contribution in [0.15, 0.2) is 273 Å². The number of morpholine rings is 1. The van der Waals surface area contributed by atoms with Gasteiger partial charge in [-0.1, -0.05) is 52.2 Å². The maximum absolute atomic E-state index is 12.7. The topological polar surface area (TPSA) is 412 Å². The molecule has 0 saturated carbocycles. The molecule has 1 unspecified atom stereocenters. The zero-order chi connectivity index (χ0) is 93.6. The van der Waals surface area contributed by atoms with Crippen molar-refractivity contribution in [3.63, 3.8) is 0 Å². The van der Waals surface area contributed by atoms with Gasteiger partial charge in [-0.05, 0) is 159 Å². The van der Waals surface area contributed by atoms with Crippen LogP contribution in [0.1, 0.15) is 53.3 Å². The number of amides is 1. The first-order valence-corrected chi connectivity index (χ1v) is 45.9. The number of nitrogens with one attached hydrogen (secondary N) is 6. The van der Waals surface area contributed by atoms with Crippen LogP contribution in [0.3, 0.4) is 0 Å². The number of fused-ring (bicyclic) bond motifs is 4. The van der Waals surface area contributed by atoms with Gasteiger partial charge in [0.25, 0.3) is 0 Å². The average molecular weight is 1910 g/mol. The Hall–Kier alpha value is -16.0. The molecule has 137 heavy (non-hydrogen) atoms. The first kappa shape index (κ1) is 91.5. The fourth-order valence-corrected chi connectivity index (χ4v) is 16.3. The van der Waals surface area contributed by atoms with E-state index in [4.69, 9.17) is 50.5 Å². The van der Waals surface area contributed by atoms with Crippen molar-refractivity contribution in [1.82, 2.24) is 105 Å². The normalized spacial score (nSPS) is 13.9. The van der Waals surface area contributed by atoms with E-state index in [0.29, 0.717) is 109 Å². The number of hydrogen-bond acceptors (Lipinski definition) is 32. The lowest BCUT2D eigenvalue weighted by molar-refractivity contribution is -0.134. The van der Waals surface area contributed by atoms with E-state index in [0.717, 1.165) is 166 Å². The highest BCUT2D eigenvalue weighted by molar-refractivity contribution is 9.10. The van der Waals surface area contributed by atoms with E-state index in [1.807, 2.05) is 194 Å². The van der Waals surface area contributed by atoms with Gasteiger partial charge in [0, 0.05) is 228 Å². The summed E-state index contributed by atoms with van der Waals surface area (Å²) in [6.45, 7) is 7.11.